The predicted octanol–water partition coefficient (Wildman–Crippen LogP) is 4.90. The normalized spacial score (nSPS) is 10.7. The Bertz CT molecular complexity index is 1100. The summed E-state index contributed by atoms with van der Waals surface area (Å²) >= 11 is 1.58. The fourth-order valence-corrected chi connectivity index (χ4v) is 3.28. The predicted molar refractivity (Wildman–Crippen MR) is 104 cm³/mol. The van der Waals surface area contributed by atoms with Gasteiger partial charge >= 0.3 is 0 Å². The van der Waals surface area contributed by atoms with E-state index >= 15 is 0 Å². The molecule has 0 aliphatic carbocycles. The Morgan fingerprint density at radius 3 is 2.63 bits per heavy atom. The van der Waals surface area contributed by atoms with Gasteiger partial charge < -0.3 is 5.32 Å². The molecule has 0 bridgehead atoms. The molecular formula is C20H15FN4OS. The van der Waals surface area contributed by atoms with Crippen LogP contribution in [0.5, 0.6) is 0 Å². The maximum absolute atomic E-state index is 13.0. The molecule has 0 aliphatic rings. The quantitative estimate of drug-likeness (QED) is 0.531. The molecule has 0 unspecified atom stereocenters. The van der Waals surface area contributed by atoms with Crippen LogP contribution < -0.4 is 5.32 Å². The van der Waals surface area contributed by atoms with E-state index in [0.29, 0.717) is 17.1 Å². The largest absolute Gasteiger partial charge is 0.321 e. The minimum absolute atomic E-state index is 0.303. The highest BCUT2D eigenvalue weighted by Gasteiger charge is 2.12. The van der Waals surface area contributed by atoms with Crippen LogP contribution in [0.4, 0.5) is 10.1 Å². The van der Waals surface area contributed by atoms with Crippen LogP contribution in [0.3, 0.4) is 0 Å². The number of amides is 1. The van der Waals surface area contributed by atoms with Crippen LogP contribution in [0.25, 0.3) is 22.5 Å². The van der Waals surface area contributed by atoms with Crippen molar-refractivity contribution in [1.82, 2.24) is 15.2 Å². The number of carbonyl (C=O) groups excluding carboxylic acids is 1. The van der Waals surface area contributed by atoms with Crippen LogP contribution in [0, 0.1) is 12.7 Å². The number of carbonyl (C=O) groups is 1. The summed E-state index contributed by atoms with van der Waals surface area (Å²) in [6, 6.07) is 15.1. The highest BCUT2D eigenvalue weighted by Crippen LogP contribution is 2.24. The monoisotopic (exact) mass is 378 g/mol. The number of anilines is 1. The van der Waals surface area contributed by atoms with Gasteiger partial charge in [0.05, 0.1) is 16.4 Å². The zero-order valence-corrected chi connectivity index (χ0v) is 15.2. The van der Waals surface area contributed by atoms with Crippen LogP contribution in [-0.2, 0) is 0 Å². The fraction of sp³-hybridized carbons (Fsp3) is 0.0500. The molecule has 0 saturated carbocycles. The Morgan fingerprint density at radius 2 is 1.89 bits per heavy atom. The number of halogens is 1. The average molecular weight is 378 g/mol. The van der Waals surface area contributed by atoms with Gasteiger partial charge in [0.15, 0.2) is 0 Å². The van der Waals surface area contributed by atoms with E-state index in [1.54, 1.807) is 29.5 Å². The van der Waals surface area contributed by atoms with Crippen LogP contribution in [0.2, 0.25) is 0 Å². The summed E-state index contributed by atoms with van der Waals surface area (Å²) in [5.74, 6) is -0.620. The molecule has 0 radical (unpaired) electrons. The molecule has 0 atom stereocenters. The van der Waals surface area contributed by atoms with E-state index in [9.17, 15) is 9.18 Å². The molecule has 5 nitrogen and oxygen atoms in total. The molecule has 4 aromatic rings. The Balaban J connectivity index is 1.52. The van der Waals surface area contributed by atoms with Crippen molar-refractivity contribution in [2.75, 3.05) is 5.32 Å². The summed E-state index contributed by atoms with van der Waals surface area (Å²) in [7, 11) is 0. The highest BCUT2D eigenvalue weighted by atomic mass is 32.1. The SMILES string of the molecule is Cc1nc(-c2cccc(NC(=O)c3cc(-c4ccc(F)cc4)n[nH]3)c2)cs1. The van der Waals surface area contributed by atoms with Crippen molar-refractivity contribution in [3.63, 3.8) is 0 Å². The van der Waals surface area contributed by atoms with E-state index in [4.69, 9.17) is 0 Å². The lowest BCUT2D eigenvalue weighted by atomic mass is 10.1. The number of aromatic nitrogens is 3. The molecule has 7 heteroatoms. The molecule has 1 amide bonds. The average Bonchev–Trinajstić information content (AvgIpc) is 3.32. The standard InChI is InChI=1S/C20H15FN4OS/c1-12-22-19(11-27-12)14-3-2-4-16(9-14)23-20(26)18-10-17(24-25-18)13-5-7-15(21)8-6-13/h2-11H,1H3,(H,23,26)(H,24,25). The maximum Gasteiger partial charge on any atom is 0.273 e. The lowest BCUT2D eigenvalue weighted by molar-refractivity contribution is 0.102. The van der Waals surface area contributed by atoms with Crippen molar-refractivity contribution in [3.05, 3.63) is 76.5 Å². The Morgan fingerprint density at radius 1 is 1.07 bits per heavy atom. The number of nitrogens with one attached hydrogen (secondary N) is 2. The van der Waals surface area contributed by atoms with Crippen molar-refractivity contribution in [2.45, 2.75) is 6.92 Å². The van der Waals surface area contributed by atoms with Crippen LogP contribution in [-0.4, -0.2) is 21.1 Å². The third kappa shape index (κ3) is 3.78. The van der Waals surface area contributed by atoms with Crippen molar-refractivity contribution in [1.29, 1.82) is 0 Å². The third-order valence-corrected chi connectivity index (χ3v) is 4.77. The fourth-order valence-electron chi connectivity index (χ4n) is 2.66. The van der Waals surface area contributed by atoms with Crippen LogP contribution in [0.1, 0.15) is 15.5 Å². The second-order valence-electron chi connectivity index (χ2n) is 5.96. The lowest BCUT2D eigenvalue weighted by Gasteiger charge is -2.05. The van der Waals surface area contributed by atoms with E-state index in [2.05, 4.69) is 20.5 Å². The molecule has 2 N–H and O–H groups in total. The maximum atomic E-state index is 13.0. The summed E-state index contributed by atoms with van der Waals surface area (Å²) in [4.78, 5) is 17.0. The van der Waals surface area contributed by atoms with Crippen LogP contribution >= 0.6 is 11.3 Å². The Labute approximate surface area is 158 Å². The second kappa shape index (κ2) is 7.13. The van der Waals surface area contributed by atoms with Crippen molar-refractivity contribution in [3.8, 4) is 22.5 Å². The minimum atomic E-state index is -0.317. The van der Waals surface area contributed by atoms with E-state index < -0.39 is 0 Å². The number of hydrogen-bond acceptors (Lipinski definition) is 4. The van der Waals surface area contributed by atoms with Crippen molar-refractivity contribution in [2.24, 2.45) is 0 Å². The summed E-state index contributed by atoms with van der Waals surface area (Å²) in [5, 5.41) is 12.7. The summed E-state index contributed by atoms with van der Waals surface area (Å²) in [5.41, 5.74) is 4.12. The molecule has 2 aromatic carbocycles. The lowest BCUT2D eigenvalue weighted by Crippen LogP contribution is -2.12. The van der Waals surface area contributed by atoms with Gasteiger partial charge in [-0.05, 0) is 49.4 Å². The van der Waals surface area contributed by atoms with Gasteiger partial charge in [-0.25, -0.2) is 9.37 Å². The van der Waals surface area contributed by atoms with Gasteiger partial charge in [-0.1, -0.05) is 12.1 Å². The molecule has 2 aromatic heterocycles. The first-order valence-electron chi connectivity index (χ1n) is 8.24. The second-order valence-corrected chi connectivity index (χ2v) is 7.02. The number of thiazole rings is 1. The molecule has 4 rings (SSSR count). The van der Waals surface area contributed by atoms with E-state index in [1.165, 1.54) is 12.1 Å². The number of rotatable bonds is 4. The summed E-state index contributed by atoms with van der Waals surface area (Å²) in [6.45, 7) is 1.96. The van der Waals surface area contributed by atoms with Gasteiger partial charge in [0.1, 0.15) is 11.5 Å². The molecule has 27 heavy (non-hydrogen) atoms. The Hall–Kier alpha value is -3.32. The highest BCUT2D eigenvalue weighted by molar-refractivity contribution is 7.09. The van der Waals surface area contributed by atoms with Gasteiger partial charge in [0.25, 0.3) is 5.91 Å². The molecule has 0 aliphatic heterocycles. The van der Waals surface area contributed by atoms with Gasteiger partial charge in [-0.3, -0.25) is 9.89 Å². The number of nitrogens with zero attached hydrogens (tertiary/aromatic N) is 2. The molecule has 0 fully saturated rings. The Kier molecular flexibility index (Phi) is 4.52. The molecule has 134 valence electrons. The smallest absolute Gasteiger partial charge is 0.273 e. The number of hydrogen-bond donors (Lipinski definition) is 2. The molecule has 0 saturated heterocycles. The van der Waals surface area contributed by atoms with E-state index in [0.717, 1.165) is 21.8 Å². The third-order valence-electron chi connectivity index (χ3n) is 4.00. The van der Waals surface area contributed by atoms with Gasteiger partial charge in [-0.2, -0.15) is 5.10 Å². The van der Waals surface area contributed by atoms with Crippen LogP contribution in [0.15, 0.2) is 60.0 Å². The van der Waals surface area contributed by atoms with Crippen molar-refractivity contribution >= 4 is 22.9 Å². The van der Waals surface area contributed by atoms with E-state index in [1.807, 2.05) is 36.6 Å². The van der Waals surface area contributed by atoms with Gasteiger partial charge in [-0.15, -0.1) is 11.3 Å². The first-order valence-corrected chi connectivity index (χ1v) is 9.12. The number of aromatic amines is 1. The summed E-state index contributed by atoms with van der Waals surface area (Å²) < 4.78 is 13.0. The van der Waals surface area contributed by atoms with Gasteiger partial charge in [0, 0.05) is 22.2 Å². The van der Waals surface area contributed by atoms with E-state index in [-0.39, 0.29) is 11.7 Å². The first kappa shape index (κ1) is 17.1. The zero-order chi connectivity index (χ0) is 18.8. The first-order chi connectivity index (χ1) is 13.1. The topological polar surface area (TPSA) is 70.7 Å². The number of benzene rings is 2. The summed E-state index contributed by atoms with van der Waals surface area (Å²) in [6.07, 6.45) is 0. The zero-order valence-electron chi connectivity index (χ0n) is 14.4. The number of H-pyrrole nitrogens is 1. The number of aryl methyl sites for hydroxylation is 1. The molecule has 2 heterocycles. The van der Waals surface area contributed by atoms with Crippen molar-refractivity contribution < 1.29 is 9.18 Å². The minimum Gasteiger partial charge on any atom is -0.321 e. The molecular weight excluding hydrogens is 363 g/mol. The van der Waals surface area contributed by atoms with Gasteiger partial charge in [0.2, 0.25) is 0 Å². The molecule has 0 spiro atoms.